The first-order valence-corrected chi connectivity index (χ1v) is 3.61. The van der Waals surface area contributed by atoms with Gasteiger partial charge in [-0.25, -0.2) is 0 Å². The van der Waals surface area contributed by atoms with Crippen LogP contribution in [0.5, 0.6) is 0 Å². The molecule has 0 aliphatic carbocycles. The van der Waals surface area contributed by atoms with Gasteiger partial charge in [-0.3, -0.25) is 9.59 Å². The van der Waals surface area contributed by atoms with E-state index < -0.39 is 0 Å². The lowest BCUT2D eigenvalue weighted by molar-refractivity contribution is -0.146. The summed E-state index contributed by atoms with van der Waals surface area (Å²) in [5.41, 5.74) is 0. The van der Waals surface area contributed by atoms with Crippen LogP contribution >= 0.6 is 0 Å². The lowest BCUT2D eigenvalue weighted by Crippen LogP contribution is -2.59. The van der Waals surface area contributed by atoms with Crippen molar-refractivity contribution in [1.29, 1.82) is 0 Å². The zero-order chi connectivity index (χ0) is 8.59. The van der Waals surface area contributed by atoms with E-state index in [-0.39, 0.29) is 23.9 Å². The highest BCUT2D eigenvalue weighted by Crippen LogP contribution is 2.05. The van der Waals surface area contributed by atoms with E-state index in [4.69, 9.17) is 0 Å². The quantitative estimate of drug-likeness (QED) is 0.506. The van der Waals surface area contributed by atoms with Gasteiger partial charge in [-0.05, 0) is 13.8 Å². The average molecular weight is 156 g/mol. The minimum absolute atomic E-state index is 0.0305. The van der Waals surface area contributed by atoms with Crippen molar-refractivity contribution in [2.24, 2.45) is 0 Å². The highest BCUT2D eigenvalue weighted by atomic mass is 16.2. The number of rotatable bonds is 0. The molecular formula is C7H12N2O2. The third-order valence-electron chi connectivity index (χ3n) is 2.04. The molecule has 0 aromatic carbocycles. The molecule has 0 aromatic rings. The molecule has 0 unspecified atom stereocenters. The maximum absolute atomic E-state index is 11.2. The molecule has 0 spiro atoms. The molecule has 1 aliphatic heterocycles. The lowest BCUT2D eigenvalue weighted by Gasteiger charge is -2.32. The summed E-state index contributed by atoms with van der Waals surface area (Å²) >= 11 is 0. The molecule has 2 atom stereocenters. The molecular weight excluding hydrogens is 144 g/mol. The fourth-order valence-corrected chi connectivity index (χ4v) is 1.07. The molecule has 4 nitrogen and oxygen atoms in total. The zero-order valence-corrected chi connectivity index (χ0v) is 6.92. The number of amides is 2. The monoisotopic (exact) mass is 156 g/mol. The van der Waals surface area contributed by atoms with Crippen LogP contribution in [0.25, 0.3) is 0 Å². The van der Waals surface area contributed by atoms with Gasteiger partial charge < -0.3 is 10.2 Å². The van der Waals surface area contributed by atoms with Gasteiger partial charge in [0.15, 0.2) is 0 Å². The van der Waals surface area contributed by atoms with E-state index in [1.807, 2.05) is 0 Å². The molecule has 1 aliphatic rings. The molecule has 4 heteroatoms. The summed E-state index contributed by atoms with van der Waals surface area (Å²) < 4.78 is 0. The van der Waals surface area contributed by atoms with Crippen LogP contribution < -0.4 is 5.32 Å². The molecule has 1 N–H and O–H groups in total. The Balaban J connectivity index is 2.78. The van der Waals surface area contributed by atoms with E-state index >= 15 is 0 Å². The third kappa shape index (κ3) is 1.20. The standard InChI is InChI=1S/C7H12N2O2/c1-4-7(11)9(3)5(2)6(10)8-4/h4-5H,1-3H3,(H,8,10)/t4-,5+/m0/s1. The van der Waals surface area contributed by atoms with Gasteiger partial charge >= 0.3 is 0 Å². The van der Waals surface area contributed by atoms with Crippen LogP contribution in [0, 0.1) is 0 Å². The molecule has 11 heavy (non-hydrogen) atoms. The second-order valence-electron chi connectivity index (χ2n) is 2.86. The summed E-state index contributed by atoms with van der Waals surface area (Å²) in [7, 11) is 1.64. The number of nitrogens with zero attached hydrogens (tertiary/aromatic N) is 1. The summed E-state index contributed by atoms with van der Waals surface area (Å²) in [4.78, 5) is 23.7. The van der Waals surface area contributed by atoms with E-state index in [1.54, 1.807) is 20.9 Å². The van der Waals surface area contributed by atoms with Gasteiger partial charge in [0.2, 0.25) is 11.8 Å². The Morgan fingerprint density at radius 2 is 1.91 bits per heavy atom. The van der Waals surface area contributed by atoms with Gasteiger partial charge in [0.05, 0.1) is 0 Å². The average Bonchev–Trinajstić information content (AvgIpc) is 1.97. The molecule has 2 amide bonds. The summed E-state index contributed by atoms with van der Waals surface area (Å²) in [5, 5.41) is 2.58. The van der Waals surface area contributed by atoms with E-state index in [9.17, 15) is 9.59 Å². The molecule has 62 valence electrons. The molecule has 0 radical (unpaired) electrons. The second-order valence-corrected chi connectivity index (χ2v) is 2.86. The summed E-state index contributed by atoms with van der Waals surface area (Å²) in [5.74, 6) is -0.114. The Morgan fingerprint density at radius 3 is 2.45 bits per heavy atom. The highest BCUT2D eigenvalue weighted by Gasteiger charge is 2.32. The number of piperazine rings is 1. The van der Waals surface area contributed by atoms with E-state index in [0.29, 0.717) is 0 Å². The van der Waals surface area contributed by atoms with Gasteiger partial charge in [-0.2, -0.15) is 0 Å². The number of likely N-dealkylation sites (N-methyl/N-ethyl adjacent to an activating group) is 1. The van der Waals surface area contributed by atoms with Crippen LogP contribution in [0.15, 0.2) is 0 Å². The van der Waals surface area contributed by atoms with Gasteiger partial charge in [0.1, 0.15) is 12.1 Å². The Morgan fingerprint density at radius 1 is 1.36 bits per heavy atom. The largest absolute Gasteiger partial charge is 0.343 e. The van der Waals surface area contributed by atoms with Gasteiger partial charge in [0.25, 0.3) is 0 Å². The second kappa shape index (κ2) is 2.53. The predicted octanol–water partition coefficient (Wildman–Crippen LogP) is -0.648. The number of hydrogen-bond donors (Lipinski definition) is 1. The maximum Gasteiger partial charge on any atom is 0.245 e. The van der Waals surface area contributed by atoms with Crippen molar-refractivity contribution in [3.05, 3.63) is 0 Å². The van der Waals surface area contributed by atoms with Crippen molar-refractivity contribution in [2.75, 3.05) is 7.05 Å². The number of carbonyl (C=O) groups excluding carboxylic acids is 2. The van der Waals surface area contributed by atoms with Crippen molar-refractivity contribution in [3.63, 3.8) is 0 Å². The number of nitrogens with one attached hydrogen (secondary N) is 1. The van der Waals surface area contributed by atoms with Crippen molar-refractivity contribution in [1.82, 2.24) is 10.2 Å². The molecule has 0 saturated carbocycles. The van der Waals surface area contributed by atoms with Crippen molar-refractivity contribution in [2.45, 2.75) is 25.9 Å². The molecule has 0 bridgehead atoms. The van der Waals surface area contributed by atoms with E-state index in [0.717, 1.165) is 0 Å². The molecule has 1 saturated heterocycles. The van der Waals surface area contributed by atoms with Crippen molar-refractivity contribution >= 4 is 11.8 Å². The number of carbonyl (C=O) groups is 2. The molecule has 0 aromatic heterocycles. The fraction of sp³-hybridized carbons (Fsp3) is 0.714. The summed E-state index contributed by atoms with van der Waals surface area (Å²) in [6.07, 6.45) is 0. The van der Waals surface area contributed by atoms with Gasteiger partial charge in [-0.15, -0.1) is 0 Å². The van der Waals surface area contributed by atoms with Crippen molar-refractivity contribution in [3.8, 4) is 0 Å². The van der Waals surface area contributed by atoms with Gasteiger partial charge in [-0.1, -0.05) is 0 Å². The fourth-order valence-electron chi connectivity index (χ4n) is 1.07. The first-order chi connectivity index (χ1) is 5.04. The van der Waals surface area contributed by atoms with E-state index in [1.165, 1.54) is 4.90 Å². The SMILES string of the molecule is C[C@@H]1NC(=O)[C@@H](C)N(C)C1=O. The molecule has 1 heterocycles. The van der Waals surface area contributed by atoms with Crippen LogP contribution in [-0.4, -0.2) is 35.8 Å². The first-order valence-electron chi connectivity index (χ1n) is 3.61. The Bertz CT molecular complexity index is 203. The van der Waals surface area contributed by atoms with Crippen LogP contribution in [0.4, 0.5) is 0 Å². The maximum atomic E-state index is 11.2. The predicted molar refractivity (Wildman–Crippen MR) is 39.8 cm³/mol. The van der Waals surface area contributed by atoms with Crippen LogP contribution in [0.1, 0.15) is 13.8 Å². The molecule has 1 rings (SSSR count). The van der Waals surface area contributed by atoms with Crippen LogP contribution in [-0.2, 0) is 9.59 Å². The highest BCUT2D eigenvalue weighted by molar-refractivity contribution is 5.96. The summed E-state index contributed by atoms with van der Waals surface area (Å²) in [6.45, 7) is 3.39. The topological polar surface area (TPSA) is 49.4 Å². The minimum Gasteiger partial charge on any atom is -0.343 e. The van der Waals surface area contributed by atoms with Gasteiger partial charge in [0, 0.05) is 7.05 Å². The van der Waals surface area contributed by atoms with Crippen LogP contribution in [0.3, 0.4) is 0 Å². The van der Waals surface area contributed by atoms with Crippen molar-refractivity contribution < 1.29 is 9.59 Å². The Labute approximate surface area is 65.6 Å². The first kappa shape index (κ1) is 8.04. The third-order valence-corrected chi connectivity index (χ3v) is 2.04. The normalized spacial score (nSPS) is 32.1. The lowest BCUT2D eigenvalue weighted by atomic mass is 10.1. The Kier molecular flexibility index (Phi) is 1.85. The zero-order valence-electron chi connectivity index (χ0n) is 6.92. The minimum atomic E-state index is -0.372. The Hall–Kier alpha value is -1.06. The molecule has 1 fully saturated rings. The number of hydrogen-bond acceptors (Lipinski definition) is 2. The van der Waals surface area contributed by atoms with E-state index in [2.05, 4.69) is 5.32 Å². The summed E-state index contributed by atoms with van der Waals surface area (Å²) in [6, 6.07) is -0.706. The smallest absolute Gasteiger partial charge is 0.245 e. The van der Waals surface area contributed by atoms with Crippen LogP contribution in [0.2, 0.25) is 0 Å².